The number of likely N-dealkylation sites (tertiary alicyclic amines) is 1. The van der Waals surface area contributed by atoms with Gasteiger partial charge in [0.1, 0.15) is 0 Å². The Balaban J connectivity index is 1.94. The zero-order valence-corrected chi connectivity index (χ0v) is 13.9. The molecule has 1 atom stereocenters. The average molecular weight is 318 g/mol. The van der Waals surface area contributed by atoms with Crippen molar-refractivity contribution >= 4 is 15.9 Å². The van der Waals surface area contributed by atoms with Crippen molar-refractivity contribution in [2.24, 2.45) is 5.92 Å². The van der Waals surface area contributed by atoms with E-state index in [1.807, 2.05) is 0 Å². The van der Waals surface area contributed by atoms with E-state index in [2.05, 4.69) is 27.8 Å². The van der Waals surface area contributed by atoms with E-state index >= 15 is 0 Å². The lowest BCUT2D eigenvalue weighted by Crippen LogP contribution is -2.36. The molecular formula is C16H32BrN. The minimum Gasteiger partial charge on any atom is -0.303 e. The third-order valence-corrected chi connectivity index (χ3v) is 4.66. The van der Waals surface area contributed by atoms with Crippen LogP contribution < -0.4 is 0 Å². The van der Waals surface area contributed by atoms with Gasteiger partial charge in [0.25, 0.3) is 0 Å². The van der Waals surface area contributed by atoms with Gasteiger partial charge in [0, 0.05) is 11.9 Å². The summed E-state index contributed by atoms with van der Waals surface area (Å²) in [5.74, 6) is 0.961. The van der Waals surface area contributed by atoms with Crippen molar-refractivity contribution in [2.45, 2.75) is 71.1 Å². The highest BCUT2D eigenvalue weighted by Crippen LogP contribution is 2.20. The number of unbranched alkanes of at least 4 members (excludes halogenated alkanes) is 6. The molecule has 1 unspecified atom stereocenters. The standard InChI is InChI=1S/C16H32BrN/c1-2-3-4-5-6-7-8-13-18-14-9-10-16(15-18)11-12-17/h16H,2-15H2,1H3. The van der Waals surface area contributed by atoms with E-state index in [4.69, 9.17) is 0 Å². The Morgan fingerprint density at radius 3 is 2.50 bits per heavy atom. The number of alkyl halides is 1. The summed E-state index contributed by atoms with van der Waals surface area (Å²) in [5.41, 5.74) is 0. The third kappa shape index (κ3) is 7.78. The molecule has 0 aromatic heterocycles. The highest BCUT2D eigenvalue weighted by atomic mass is 79.9. The van der Waals surface area contributed by atoms with Crippen LogP contribution in [0.25, 0.3) is 0 Å². The SMILES string of the molecule is CCCCCCCCCN1CCCC(CCBr)C1. The van der Waals surface area contributed by atoms with E-state index in [0.717, 1.165) is 5.92 Å². The smallest absolute Gasteiger partial charge is 0.00344 e. The van der Waals surface area contributed by atoms with Crippen LogP contribution in [0.4, 0.5) is 0 Å². The average Bonchev–Trinajstić information content (AvgIpc) is 2.39. The molecule has 1 nitrogen and oxygen atoms in total. The molecule has 1 saturated heterocycles. The van der Waals surface area contributed by atoms with Crippen LogP contribution in [0.5, 0.6) is 0 Å². The molecule has 0 saturated carbocycles. The molecular weight excluding hydrogens is 286 g/mol. The fourth-order valence-electron chi connectivity index (χ4n) is 3.04. The van der Waals surface area contributed by atoms with Gasteiger partial charge < -0.3 is 4.90 Å². The first kappa shape index (κ1) is 16.5. The second kappa shape index (κ2) is 11.3. The molecule has 1 rings (SSSR count). The fraction of sp³-hybridized carbons (Fsp3) is 1.00. The summed E-state index contributed by atoms with van der Waals surface area (Å²) in [4.78, 5) is 2.71. The van der Waals surface area contributed by atoms with Crippen LogP contribution in [0.2, 0.25) is 0 Å². The van der Waals surface area contributed by atoms with Gasteiger partial charge in [-0.1, -0.05) is 61.4 Å². The topological polar surface area (TPSA) is 3.24 Å². The zero-order valence-electron chi connectivity index (χ0n) is 12.3. The molecule has 18 heavy (non-hydrogen) atoms. The van der Waals surface area contributed by atoms with Gasteiger partial charge in [-0.15, -0.1) is 0 Å². The molecule has 0 aromatic rings. The quantitative estimate of drug-likeness (QED) is 0.393. The van der Waals surface area contributed by atoms with Crippen LogP contribution in [0.15, 0.2) is 0 Å². The van der Waals surface area contributed by atoms with E-state index < -0.39 is 0 Å². The summed E-state index contributed by atoms with van der Waals surface area (Å²) in [6.45, 7) is 6.36. The Morgan fingerprint density at radius 2 is 1.78 bits per heavy atom. The molecule has 0 amide bonds. The van der Waals surface area contributed by atoms with Gasteiger partial charge in [-0.2, -0.15) is 0 Å². The predicted octanol–water partition coefficient (Wildman–Crippen LogP) is 5.23. The van der Waals surface area contributed by atoms with E-state index in [-0.39, 0.29) is 0 Å². The zero-order chi connectivity index (χ0) is 13.1. The number of hydrogen-bond donors (Lipinski definition) is 0. The molecule has 1 heterocycles. The fourth-order valence-corrected chi connectivity index (χ4v) is 3.68. The maximum atomic E-state index is 3.58. The number of rotatable bonds is 10. The molecule has 0 bridgehead atoms. The van der Waals surface area contributed by atoms with Crippen molar-refractivity contribution in [2.75, 3.05) is 25.0 Å². The van der Waals surface area contributed by atoms with Gasteiger partial charge in [-0.05, 0) is 44.7 Å². The second-order valence-corrected chi connectivity index (χ2v) is 6.70. The molecule has 1 aliphatic heterocycles. The lowest BCUT2D eigenvalue weighted by atomic mass is 9.95. The van der Waals surface area contributed by atoms with Gasteiger partial charge in [0.15, 0.2) is 0 Å². The predicted molar refractivity (Wildman–Crippen MR) is 85.6 cm³/mol. The number of hydrogen-bond acceptors (Lipinski definition) is 1. The Labute approximate surface area is 123 Å². The molecule has 1 fully saturated rings. The summed E-state index contributed by atoms with van der Waals surface area (Å²) in [6, 6.07) is 0. The van der Waals surface area contributed by atoms with E-state index in [1.165, 1.54) is 89.2 Å². The van der Waals surface area contributed by atoms with E-state index in [1.54, 1.807) is 0 Å². The van der Waals surface area contributed by atoms with Crippen LogP contribution in [0.3, 0.4) is 0 Å². The van der Waals surface area contributed by atoms with Crippen LogP contribution in [0, 0.1) is 5.92 Å². The Hall–Kier alpha value is 0.440. The summed E-state index contributed by atoms with van der Waals surface area (Å²) in [6.07, 6.45) is 14.3. The van der Waals surface area contributed by atoms with Crippen LogP contribution in [-0.2, 0) is 0 Å². The summed E-state index contributed by atoms with van der Waals surface area (Å²) < 4.78 is 0. The first-order valence-electron chi connectivity index (χ1n) is 8.15. The number of halogens is 1. The van der Waals surface area contributed by atoms with Crippen molar-refractivity contribution < 1.29 is 0 Å². The Kier molecular flexibility index (Phi) is 10.3. The van der Waals surface area contributed by atoms with Gasteiger partial charge >= 0.3 is 0 Å². The van der Waals surface area contributed by atoms with Crippen molar-refractivity contribution in [1.82, 2.24) is 4.90 Å². The van der Waals surface area contributed by atoms with Crippen LogP contribution >= 0.6 is 15.9 Å². The van der Waals surface area contributed by atoms with Crippen molar-refractivity contribution in [1.29, 1.82) is 0 Å². The molecule has 2 heteroatoms. The second-order valence-electron chi connectivity index (χ2n) is 5.91. The lowest BCUT2D eigenvalue weighted by molar-refractivity contribution is 0.169. The maximum Gasteiger partial charge on any atom is 0.00344 e. The minimum atomic E-state index is 0.961. The monoisotopic (exact) mass is 317 g/mol. The Morgan fingerprint density at radius 1 is 1.06 bits per heavy atom. The maximum absolute atomic E-state index is 3.58. The van der Waals surface area contributed by atoms with Gasteiger partial charge in [0.2, 0.25) is 0 Å². The Bertz CT molecular complexity index is 182. The summed E-state index contributed by atoms with van der Waals surface area (Å²) in [7, 11) is 0. The van der Waals surface area contributed by atoms with Crippen molar-refractivity contribution in [3.05, 3.63) is 0 Å². The first-order valence-corrected chi connectivity index (χ1v) is 9.27. The highest BCUT2D eigenvalue weighted by molar-refractivity contribution is 9.09. The number of nitrogens with zero attached hydrogens (tertiary/aromatic N) is 1. The van der Waals surface area contributed by atoms with Crippen molar-refractivity contribution in [3.8, 4) is 0 Å². The van der Waals surface area contributed by atoms with Crippen molar-refractivity contribution in [3.63, 3.8) is 0 Å². The minimum absolute atomic E-state index is 0.961. The molecule has 0 spiro atoms. The van der Waals surface area contributed by atoms with Gasteiger partial charge in [0.05, 0.1) is 0 Å². The molecule has 0 N–H and O–H groups in total. The van der Waals surface area contributed by atoms with Gasteiger partial charge in [-0.3, -0.25) is 0 Å². The van der Waals surface area contributed by atoms with E-state index in [0.29, 0.717) is 0 Å². The van der Waals surface area contributed by atoms with Gasteiger partial charge in [-0.25, -0.2) is 0 Å². The third-order valence-electron chi connectivity index (χ3n) is 4.20. The first-order chi connectivity index (χ1) is 8.86. The molecule has 0 aliphatic carbocycles. The molecule has 0 radical (unpaired) electrons. The molecule has 0 aromatic carbocycles. The van der Waals surface area contributed by atoms with Crippen LogP contribution in [0.1, 0.15) is 71.1 Å². The largest absolute Gasteiger partial charge is 0.303 e. The molecule has 108 valence electrons. The summed E-state index contributed by atoms with van der Waals surface area (Å²) in [5, 5.41) is 1.18. The molecule has 1 aliphatic rings. The normalized spacial score (nSPS) is 21.3. The van der Waals surface area contributed by atoms with E-state index in [9.17, 15) is 0 Å². The number of piperidine rings is 1. The lowest BCUT2D eigenvalue weighted by Gasteiger charge is -2.32. The highest BCUT2D eigenvalue weighted by Gasteiger charge is 2.18. The summed E-state index contributed by atoms with van der Waals surface area (Å²) >= 11 is 3.58. The van der Waals surface area contributed by atoms with Crippen LogP contribution in [-0.4, -0.2) is 29.9 Å².